The molecule has 2 bridgehead atoms. The van der Waals surface area contributed by atoms with Gasteiger partial charge in [0.1, 0.15) is 0 Å². The topological polar surface area (TPSA) is 92.8 Å². The van der Waals surface area contributed by atoms with Crippen molar-refractivity contribution in [2.75, 3.05) is 16.8 Å². The Balaban J connectivity index is 1.25. The summed E-state index contributed by atoms with van der Waals surface area (Å²) in [5.41, 5.74) is 3.24. The molecule has 0 unspecified atom stereocenters. The number of amides is 3. The number of nitrogens with one attached hydrogen (secondary N) is 1. The summed E-state index contributed by atoms with van der Waals surface area (Å²) in [4.78, 5) is 52.1. The van der Waals surface area contributed by atoms with Gasteiger partial charge in [-0.3, -0.25) is 19.3 Å². The average molecular weight is 447 g/mol. The predicted octanol–water partition coefficient (Wildman–Crippen LogP) is 3.63. The van der Waals surface area contributed by atoms with E-state index < -0.39 is 18.5 Å². The van der Waals surface area contributed by atoms with E-state index in [1.54, 1.807) is 18.2 Å². The van der Waals surface area contributed by atoms with Crippen LogP contribution in [0.2, 0.25) is 0 Å². The van der Waals surface area contributed by atoms with Crippen LogP contribution in [-0.4, -0.2) is 30.3 Å². The van der Waals surface area contributed by atoms with Crippen LogP contribution in [0.15, 0.2) is 42.5 Å². The summed E-state index contributed by atoms with van der Waals surface area (Å²) in [5.74, 6) is -1.30. The molecule has 1 N–H and O–H groups in total. The molecule has 3 aliphatic rings. The molecular weight excluding hydrogens is 420 g/mol. The Bertz CT molecular complexity index is 1120. The van der Waals surface area contributed by atoms with Gasteiger partial charge in [0.2, 0.25) is 11.8 Å². The first-order chi connectivity index (χ1) is 15.8. The molecule has 4 atom stereocenters. The van der Waals surface area contributed by atoms with Gasteiger partial charge >= 0.3 is 5.97 Å². The Labute approximate surface area is 192 Å². The normalized spacial score (nSPS) is 25.3. The van der Waals surface area contributed by atoms with Crippen LogP contribution >= 0.6 is 0 Å². The Hall–Kier alpha value is -3.48. The molecule has 0 spiro atoms. The number of anilines is 2. The minimum Gasteiger partial charge on any atom is -0.452 e. The van der Waals surface area contributed by atoms with E-state index in [1.807, 2.05) is 32.0 Å². The predicted molar refractivity (Wildman–Crippen MR) is 122 cm³/mol. The maximum Gasteiger partial charge on any atom is 0.338 e. The van der Waals surface area contributed by atoms with Gasteiger partial charge in [-0.25, -0.2) is 4.79 Å². The number of hydrogen-bond acceptors (Lipinski definition) is 5. The van der Waals surface area contributed by atoms with Gasteiger partial charge in [0.25, 0.3) is 5.91 Å². The zero-order valence-corrected chi connectivity index (χ0v) is 18.7. The fourth-order valence-corrected chi connectivity index (χ4v) is 5.89. The fraction of sp³-hybridized carbons (Fsp3) is 0.385. The minimum absolute atomic E-state index is 0.157. The molecule has 0 radical (unpaired) electrons. The number of nitrogens with zero attached hydrogens (tertiary/aromatic N) is 1. The van der Waals surface area contributed by atoms with E-state index in [1.165, 1.54) is 11.0 Å². The number of hydrogen-bond donors (Lipinski definition) is 1. The molecule has 1 aliphatic heterocycles. The second-order valence-corrected chi connectivity index (χ2v) is 9.45. The number of aryl methyl sites for hydroxylation is 2. The first kappa shape index (κ1) is 21.4. The number of fused-ring (bicyclic) bond motifs is 5. The largest absolute Gasteiger partial charge is 0.452 e. The van der Waals surface area contributed by atoms with E-state index in [4.69, 9.17) is 4.74 Å². The highest BCUT2D eigenvalue weighted by Gasteiger charge is 2.61. The highest BCUT2D eigenvalue weighted by Crippen LogP contribution is 2.56. The molecule has 2 saturated carbocycles. The second-order valence-electron chi connectivity index (χ2n) is 9.45. The van der Waals surface area contributed by atoms with Crippen molar-refractivity contribution in [3.8, 4) is 0 Å². The summed E-state index contributed by atoms with van der Waals surface area (Å²) in [6.07, 6.45) is 2.99. The highest BCUT2D eigenvalue weighted by molar-refractivity contribution is 6.22. The van der Waals surface area contributed by atoms with Crippen molar-refractivity contribution in [1.29, 1.82) is 0 Å². The number of esters is 1. The minimum atomic E-state index is -0.688. The zero-order chi connectivity index (χ0) is 23.3. The Morgan fingerprint density at radius 1 is 0.970 bits per heavy atom. The summed E-state index contributed by atoms with van der Waals surface area (Å²) in [6, 6.07) is 12.0. The summed E-state index contributed by atoms with van der Waals surface area (Å²) < 4.78 is 5.17. The first-order valence-electron chi connectivity index (χ1n) is 11.3. The van der Waals surface area contributed by atoms with Gasteiger partial charge in [0.05, 0.1) is 23.1 Å². The number of rotatable bonds is 5. The molecule has 3 amide bonds. The van der Waals surface area contributed by atoms with Gasteiger partial charge in [-0.1, -0.05) is 12.1 Å². The van der Waals surface area contributed by atoms with Crippen molar-refractivity contribution in [2.45, 2.75) is 33.1 Å². The van der Waals surface area contributed by atoms with Gasteiger partial charge in [-0.2, -0.15) is 0 Å². The quantitative estimate of drug-likeness (QED) is 0.559. The molecule has 33 heavy (non-hydrogen) atoms. The number of benzene rings is 2. The third-order valence-corrected chi connectivity index (χ3v) is 7.11. The summed E-state index contributed by atoms with van der Waals surface area (Å²) in [7, 11) is 0. The number of ether oxygens (including phenoxy) is 1. The van der Waals surface area contributed by atoms with Crippen molar-refractivity contribution in [2.24, 2.45) is 23.7 Å². The number of carbonyl (C=O) groups excluding carboxylic acids is 4. The first-order valence-corrected chi connectivity index (χ1v) is 11.3. The van der Waals surface area contributed by atoms with Crippen LogP contribution in [0, 0.1) is 37.5 Å². The Kier molecular flexibility index (Phi) is 5.27. The lowest BCUT2D eigenvalue weighted by molar-refractivity contribution is -0.123. The molecule has 2 aromatic carbocycles. The van der Waals surface area contributed by atoms with E-state index in [2.05, 4.69) is 5.32 Å². The Morgan fingerprint density at radius 2 is 1.61 bits per heavy atom. The van der Waals surface area contributed by atoms with Crippen molar-refractivity contribution < 1.29 is 23.9 Å². The zero-order valence-electron chi connectivity index (χ0n) is 18.7. The van der Waals surface area contributed by atoms with Gasteiger partial charge in [0, 0.05) is 5.69 Å². The van der Waals surface area contributed by atoms with E-state index in [-0.39, 0.29) is 29.2 Å². The highest BCUT2D eigenvalue weighted by atomic mass is 16.5. The van der Waals surface area contributed by atoms with Crippen molar-refractivity contribution in [1.82, 2.24) is 0 Å². The van der Waals surface area contributed by atoms with Crippen LogP contribution in [0.4, 0.5) is 11.4 Å². The van der Waals surface area contributed by atoms with Crippen molar-refractivity contribution in [3.05, 3.63) is 59.2 Å². The molecule has 1 heterocycles. The van der Waals surface area contributed by atoms with Crippen LogP contribution in [0.5, 0.6) is 0 Å². The molecule has 2 aliphatic carbocycles. The molecule has 1 saturated heterocycles. The SMILES string of the molecule is Cc1cc(C)cc(NC(=O)COC(=O)c2cccc(N3C(=O)[C@@H]4[C@H]5CC[C@@H](C5)[C@H]4C3=O)c2)c1. The van der Waals surface area contributed by atoms with Crippen LogP contribution in [0.25, 0.3) is 0 Å². The van der Waals surface area contributed by atoms with Gasteiger partial charge < -0.3 is 10.1 Å². The van der Waals surface area contributed by atoms with Crippen molar-refractivity contribution in [3.63, 3.8) is 0 Å². The molecule has 3 fully saturated rings. The van der Waals surface area contributed by atoms with Gasteiger partial charge in [-0.05, 0) is 86.4 Å². The van der Waals surface area contributed by atoms with E-state index in [0.717, 1.165) is 30.4 Å². The molecule has 7 heteroatoms. The third-order valence-electron chi connectivity index (χ3n) is 7.11. The molecule has 0 aromatic heterocycles. The van der Waals surface area contributed by atoms with Crippen LogP contribution in [0.1, 0.15) is 40.7 Å². The fourth-order valence-electron chi connectivity index (χ4n) is 5.89. The number of imide groups is 1. The van der Waals surface area contributed by atoms with Crippen LogP contribution in [-0.2, 0) is 19.1 Å². The summed E-state index contributed by atoms with van der Waals surface area (Å²) in [6.45, 7) is 3.43. The summed E-state index contributed by atoms with van der Waals surface area (Å²) >= 11 is 0. The second kappa shape index (κ2) is 8.14. The van der Waals surface area contributed by atoms with Gasteiger partial charge in [-0.15, -0.1) is 0 Å². The molecule has 7 nitrogen and oxygen atoms in total. The van der Waals surface area contributed by atoms with Crippen molar-refractivity contribution >= 4 is 35.1 Å². The maximum atomic E-state index is 13.0. The van der Waals surface area contributed by atoms with Crippen LogP contribution < -0.4 is 10.2 Å². The van der Waals surface area contributed by atoms with E-state index >= 15 is 0 Å². The maximum absolute atomic E-state index is 13.0. The van der Waals surface area contributed by atoms with E-state index in [0.29, 0.717) is 23.2 Å². The lowest BCUT2D eigenvalue weighted by atomic mass is 9.81. The molecule has 2 aromatic rings. The standard InChI is InChI=1S/C26H26N2O5/c1-14-8-15(2)10-19(9-14)27-21(29)13-33-26(32)18-4-3-5-20(12-18)28-24(30)22-16-6-7-17(11-16)23(22)25(28)31/h3-5,8-10,12,16-17,22-23H,6-7,11,13H2,1-2H3,(H,27,29)/t16-,17-,22+,23+/m0/s1. The Morgan fingerprint density at radius 3 is 2.24 bits per heavy atom. The van der Waals surface area contributed by atoms with Crippen LogP contribution in [0.3, 0.4) is 0 Å². The van der Waals surface area contributed by atoms with E-state index in [9.17, 15) is 19.2 Å². The number of carbonyl (C=O) groups is 4. The summed E-state index contributed by atoms with van der Waals surface area (Å²) in [5, 5.41) is 2.72. The monoisotopic (exact) mass is 446 g/mol. The average Bonchev–Trinajstić information content (AvgIpc) is 3.45. The van der Waals surface area contributed by atoms with Gasteiger partial charge in [0.15, 0.2) is 6.61 Å². The lowest BCUT2D eigenvalue weighted by Crippen LogP contribution is -2.32. The molecule has 170 valence electrons. The smallest absolute Gasteiger partial charge is 0.338 e. The molecular formula is C26H26N2O5. The molecule has 5 rings (SSSR count). The lowest BCUT2D eigenvalue weighted by Gasteiger charge is -2.19. The third kappa shape index (κ3) is 3.81.